The topological polar surface area (TPSA) is 72.8 Å². The Bertz CT molecular complexity index is 823. The minimum atomic E-state index is -0.903. The van der Waals surface area contributed by atoms with Gasteiger partial charge in [-0.05, 0) is 31.2 Å². The largest absolute Gasteiger partial charge is 0.870 e. The van der Waals surface area contributed by atoms with Gasteiger partial charge in [0.25, 0.3) is 0 Å². The first-order chi connectivity index (χ1) is 12.9. The highest BCUT2D eigenvalue weighted by atomic mass is 16.5. The van der Waals surface area contributed by atoms with Crippen molar-refractivity contribution in [1.29, 1.82) is 0 Å². The van der Waals surface area contributed by atoms with Crippen LogP contribution < -0.4 is 9.84 Å². The van der Waals surface area contributed by atoms with Crippen LogP contribution in [0.4, 0.5) is 0 Å². The van der Waals surface area contributed by atoms with Gasteiger partial charge in [0.15, 0.2) is 0 Å². The van der Waals surface area contributed by atoms with E-state index < -0.39 is 23.2 Å². The maximum atomic E-state index is 12.5. The molecule has 2 heterocycles. The molecule has 2 N–H and O–H groups in total. The summed E-state index contributed by atoms with van der Waals surface area (Å²) in [7, 11) is 2.33. The van der Waals surface area contributed by atoms with Crippen LogP contribution in [0, 0.1) is 5.92 Å². The van der Waals surface area contributed by atoms with E-state index >= 15 is 0 Å². The summed E-state index contributed by atoms with van der Waals surface area (Å²) in [5.74, 6) is 1.08. The number of aliphatic hydroxyl groups excluding tert-OH is 1. The SMILES string of the molecule is C[N@@+]1(CC2CCC2)CC[C@]23c4c5ccc([O-])c4OC2[C@H](O)CC[C@]3(O)[C@H]1C5. The minimum absolute atomic E-state index is 0.109. The average Bonchev–Trinajstić information content (AvgIpc) is 2.97. The molecule has 2 aliphatic heterocycles. The third-order valence-corrected chi connectivity index (χ3v) is 8.96. The van der Waals surface area contributed by atoms with Crippen LogP contribution in [0.2, 0.25) is 0 Å². The van der Waals surface area contributed by atoms with Crippen LogP contribution in [0.15, 0.2) is 12.1 Å². The van der Waals surface area contributed by atoms with Crippen molar-refractivity contribution in [2.75, 3.05) is 20.1 Å². The number of nitrogens with zero attached hydrogens (tertiary/aromatic N) is 1. The van der Waals surface area contributed by atoms with Crippen LogP contribution in [0.1, 0.15) is 49.7 Å². The molecule has 1 aromatic carbocycles. The highest BCUT2D eigenvalue weighted by Gasteiger charge is 2.76. The molecule has 1 saturated heterocycles. The first-order valence-corrected chi connectivity index (χ1v) is 10.6. The van der Waals surface area contributed by atoms with E-state index in [0.29, 0.717) is 18.6 Å². The van der Waals surface area contributed by atoms with E-state index in [1.165, 1.54) is 19.3 Å². The van der Waals surface area contributed by atoms with Crippen molar-refractivity contribution in [1.82, 2.24) is 0 Å². The number of quaternary nitrogens is 1. The average molecular weight is 371 g/mol. The number of hydrogen-bond acceptors (Lipinski definition) is 4. The second-order valence-electron chi connectivity index (χ2n) is 10.1. The Morgan fingerprint density at radius 3 is 2.81 bits per heavy atom. The van der Waals surface area contributed by atoms with Crippen molar-refractivity contribution < 1.29 is 24.5 Å². The smallest absolute Gasteiger partial charge is 0.137 e. The lowest BCUT2D eigenvalue weighted by Crippen LogP contribution is -2.81. The molecule has 5 aliphatic rings. The predicted octanol–water partition coefficient (Wildman–Crippen LogP) is 1.22. The lowest BCUT2D eigenvalue weighted by molar-refractivity contribution is -0.952. The van der Waals surface area contributed by atoms with E-state index in [0.717, 1.165) is 47.5 Å². The molecule has 6 rings (SSSR count). The van der Waals surface area contributed by atoms with Crippen LogP contribution in [-0.4, -0.2) is 58.7 Å². The van der Waals surface area contributed by atoms with Crippen LogP contribution in [0.3, 0.4) is 0 Å². The van der Waals surface area contributed by atoms with Crippen LogP contribution in [0.25, 0.3) is 0 Å². The fraction of sp³-hybridized carbons (Fsp3) is 0.727. The lowest BCUT2D eigenvalue weighted by atomic mass is 9.48. The summed E-state index contributed by atoms with van der Waals surface area (Å²) in [6.07, 6.45) is 5.59. The molecule has 2 bridgehead atoms. The minimum Gasteiger partial charge on any atom is -0.870 e. The van der Waals surface area contributed by atoms with Crippen LogP contribution >= 0.6 is 0 Å². The number of likely N-dealkylation sites (tertiary alicyclic amines) is 1. The highest BCUT2D eigenvalue weighted by Crippen LogP contribution is 2.66. The van der Waals surface area contributed by atoms with Gasteiger partial charge in [-0.3, -0.25) is 0 Å². The number of likely N-dealkylation sites (N-methyl/N-ethyl adjacent to an activating group) is 1. The Kier molecular flexibility index (Phi) is 3.08. The molecule has 1 aromatic rings. The number of ether oxygens (including phenoxy) is 1. The first-order valence-electron chi connectivity index (χ1n) is 10.6. The molecule has 27 heavy (non-hydrogen) atoms. The third-order valence-electron chi connectivity index (χ3n) is 8.96. The maximum absolute atomic E-state index is 12.5. The molecule has 6 atom stereocenters. The fourth-order valence-electron chi connectivity index (χ4n) is 7.49. The summed E-state index contributed by atoms with van der Waals surface area (Å²) in [6, 6.07) is 3.69. The monoisotopic (exact) mass is 371 g/mol. The van der Waals surface area contributed by atoms with Crippen molar-refractivity contribution in [3.05, 3.63) is 23.3 Å². The van der Waals surface area contributed by atoms with Crippen molar-refractivity contribution >= 4 is 0 Å². The van der Waals surface area contributed by atoms with Gasteiger partial charge < -0.3 is 24.5 Å². The van der Waals surface area contributed by atoms with Crippen LogP contribution in [-0.2, 0) is 11.8 Å². The summed E-state index contributed by atoms with van der Waals surface area (Å²) >= 11 is 0. The maximum Gasteiger partial charge on any atom is 0.137 e. The summed E-state index contributed by atoms with van der Waals surface area (Å²) < 4.78 is 7.06. The molecule has 5 nitrogen and oxygen atoms in total. The molecule has 5 heteroatoms. The van der Waals surface area contributed by atoms with Gasteiger partial charge in [0.2, 0.25) is 0 Å². The predicted molar refractivity (Wildman–Crippen MR) is 97.5 cm³/mol. The van der Waals surface area contributed by atoms with Gasteiger partial charge in [-0.2, -0.15) is 0 Å². The number of piperidine rings is 1. The zero-order valence-corrected chi connectivity index (χ0v) is 16.0. The Morgan fingerprint density at radius 2 is 2.07 bits per heavy atom. The first kappa shape index (κ1) is 16.6. The molecule has 3 fully saturated rings. The molecule has 2 saturated carbocycles. The number of benzene rings is 1. The second-order valence-corrected chi connectivity index (χ2v) is 10.1. The Morgan fingerprint density at radius 1 is 1.26 bits per heavy atom. The van der Waals surface area contributed by atoms with Crippen molar-refractivity contribution in [3.63, 3.8) is 0 Å². The Hall–Kier alpha value is -1.30. The van der Waals surface area contributed by atoms with Gasteiger partial charge >= 0.3 is 0 Å². The molecular weight excluding hydrogens is 342 g/mol. The Labute approximate surface area is 160 Å². The second kappa shape index (κ2) is 5.00. The van der Waals surface area contributed by atoms with E-state index in [-0.39, 0.29) is 11.8 Å². The summed E-state index contributed by atoms with van der Waals surface area (Å²) in [5.41, 5.74) is 0.580. The molecule has 0 aromatic heterocycles. The van der Waals surface area contributed by atoms with Gasteiger partial charge in [0, 0.05) is 24.3 Å². The molecule has 1 spiro atoms. The highest BCUT2D eigenvalue weighted by molar-refractivity contribution is 5.61. The number of aliphatic hydroxyl groups is 2. The van der Waals surface area contributed by atoms with Crippen molar-refractivity contribution in [2.24, 2.45) is 5.92 Å². The van der Waals surface area contributed by atoms with E-state index in [9.17, 15) is 15.3 Å². The molecule has 0 amide bonds. The van der Waals surface area contributed by atoms with Gasteiger partial charge in [-0.25, -0.2) is 0 Å². The van der Waals surface area contributed by atoms with Gasteiger partial charge in [-0.1, -0.05) is 24.3 Å². The van der Waals surface area contributed by atoms with E-state index in [1.807, 2.05) is 6.07 Å². The molecule has 0 radical (unpaired) electrons. The molecule has 3 aliphatic carbocycles. The molecule has 146 valence electrons. The van der Waals surface area contributed by atoms with Gasteiger partial charge in [0.1, 0.15) is 23.5 Å². The zero-order chi connectivity index (χ0) is 18.6. The zero-order valence-electron chi connectivity index (χ0n) is 16.0. The number of rotatable bonds is 2. The third kappa shape index (κ3) is 1.77. The van der Waals surface area contributed by atoms with Crippen molar-refractivity contribution in [3.8, 4) is 11.5 Å². The Balaban J connectivity index is 1.55. The quantitative estimate of drug-likeness (QED) is 0.767. The summed E-state index contributed by atoms with van der Waals surface area (Å²) in [4.78, 5) is 0. The van der Waals surface area contributed by atoms with E-state index in [4.69, 9.17) is 4.74 Å². The summed E-state index contributed by atoms with van der Waals surface area (Å²) in [6.45, 7) is 2.12. The van der Waals surface area contributed by atoms with E-state index in [2.05, 4.69) is 7.05 Å². The van der Waals surface area contributed by atoms with Crippen molar-refractivity contribution in [2.45, 2.75) is 74.2 Å². The van der Waals surface area contributed by atoms with Crippen LogP contribution in [0.5, 0.6) is 11.5 Å². The fourth-order valence-corrected chi connectivity index (χ4v) is 7.49. The molecule has 1 unspecified atom stereocenters. The normalized spacial score (nSPS) is 47.1. The van der Waals surface area contributed by atoms with E-state index in [1.54, 1.807) is 6.07 Å². The number of hydrogen-bond donors (Lipinski definition) is 2. The summed E-state index contributed by atoms with van der Waals surface area (Å²) in [5, 5.41) is 35.6. The molecular formula is C22H29NO4. The van der Waals surface area contributed by atoms with Gasteiger partial charge in [-0.15, -0.1) is 0 Å². The standard InChI is InChI=1S/C22H29NO4/c1-23(12-13-3-2-4-13)10-9-21-18-14-5-6-15(24)19(18)27-20(21)16(25)7-8-22(21,26)17(23)11-14/h5-6,13,16-17,20,25-26H,2-4,7-12H2,1H3/t16-,17-,20?,21+,22+,23+/m1/s1. The lowest BCUT2D eigenvalue weighted by Gasteiger charge is -2.65. The van der Waals surface area contributed by atoms with Gasteiger partial charge in [0.05, 0.1) is 31.7 Å².